The van der Waals surface area contributed by atoms with Gasteiger partial charge in [-0.2, -0.15) is 5.10 Å². The average molecular weight is 274 g/mol. The summed E-state index contributed by atoms with van der Waals surface area (Å²) < 4.78 is 27.7. The Morgan fingerprint density at radius 3 is 2.78 bits per heavy atom. The monoisotopic (exact) mass is 274 g/mol. The zero-order chi connectivity index (χ0) is 13.6. The second-order valence-corrected chi connectivity index (χ2v) is 6.19. The van der Waals surface area contributed by atoms with E-state index in [0.717, 1.165) is 24.1 Å². The molecule has 104 valence electrons. The summed E-state index contributed by atoms with van der Waals surface area (Å²) in [5.41, 5.74) is 7.20. The molecule has 6 nitrogen and oxygen atoms in total. The molecule has 0 aliphatic rings. The third-order valence-corrected chi connectivity index (χ3v) is 4.09. The van der Waals surface area contributed by atoms with Gasteiger partial charge in [-0.1, -0.05) is 6.92 Å². The maximum atomic E-state index is 11.7. The lowest BCUT2D eigenvalue weighted by Crippen LogP contribution is -2.26. The number of aromatic nitrogens is 2. The van der Waals surface area contributed by atoms with Gasteiger partial charge in [-0.25, -0.2) is 13.1 Å². The number of rotatable bonds is 8. The Hall–Kier alpha value is -0.920. The molecule has 18 heavy (non-hydrogen) atoms. The van der Waals surface area contributed by atoms with Crippen molar-refractivity contribution in [3.8, 4) is 0 Å². The van der Waals surface area contributed by atoms with E-state index in [1.165, 1.54) is 0 Å². The molecule has 0 bridgehead atoms. The molecule has 1 aromatic rings. The Balaban J connectivity index is 2.53. The molecule has 0 aliphatic carbocycles. The zero-order valence-corrected chi connectivity index (χ0v) is 11.8. The van der Waals surface area contributed by atoms with Crippen molar-refractivity contribution in [1.29, 1.82) is 0 Å². The van der Waals surface area contributed by atoms with E-state index >= 15 is 0 Å². The Bertz CT molecular complexity index is 467. The summed E-state index contributed by atoms with van der Waals surface area (Å²) in [7, 11) is -1.38. The van der Waals surface area contributed by atoms with Crippen LogP contribution >= 0.6 is 0 Å². The van der Waals surface area contributed by atoms with Crippen molar-refractivity contribution in [2.75, 3.05) is 12.3 Å². The third kappa shape index (κ3) is 4.75. The van der Waals surface area contributed by atoms with Crippen LogP contribution in [0.5, 0.6) is 0 Å². The van der Waals surface area contributed by atoms with Gasteiger partial charge in [0.2, 0.25) is 10.0 Å². The number of hydrogen-bond donors (Lipinski definition) is 2. The predicted molar refractivity (Wildman–Crippen MR) is 71.5 cm³/mol. The summed E-state index contributed by atoms with van der Waals surface area (Å²) in [6.07, 6.45) is 3.97. The molecule has 7 heteroatoms. The van der Waals surface area contributed by atoms with Crippen LogP contribution < -0.4 is 10.5 Å². The van der Waals surface area contributed by atoms with Crippen LogP contribution in [0, 0.1) is 0 Å². The molecule has 1 heterocycles. The predicted octanol–water partition coefficient (Wildman–Crippen LogP) is 0.141. The molecule has 0 atom stereocenters. The lowest BCUT2D eigenvalue weighted by atomic mass is 10.2. The third-order valence-electron chi connectivity index (χ3n) is 2.68. The summed E-state index contributed by atoms with van der Waals surface area (Å²) in [5.74, 6) is 0.131. The first-order valence-corrected chi connectivity index (χ1v) is 7.82. The highest BCUT2D eigenvalue weighted by atomic mass is 32.2. The molecule has 0 saturated heterocycles. The fraction of sp³-hybridized carbons (Fsp3) is 0.727. The van der Waals surface area contributed by atoms with Crippen molar-refractivity contribution in [2.24, 2.45) is 12.8 Å². The van der Waals surface area contributed by atoms with Crippen molar-refractivity contribution in [3.05, 3.63) is 17.5 Å². The van der Waals surface area contributed by atoms with Gasteiger partial charge >= 0.3 is 0 Å². The van der Waals surface area contributed by atoms with Crippen LogP contribution in [0.2, 0.25) is 0 Å². The fourth-order valence-corrected chi connectivity index (χ4v) is 2.83. The number of nitrogens with one attached hydrogen (secondary N) is 1. The smallest absolute Gasteiger partial charge is 0.211 e. The van der Waals surface area contributed by atoms with Crippen molar-refractivity contribution >= 4 is 10.0 Å². The minimum atomic E-state index is -3.21. The van der Waals surface area contributed by atoms with Gasteiger partial charge in [0.1, 0.15) is 0 Å². The number of nitrogens with zero attached hydrogens (tertiary/aromatic N) is 2. The topological polar surface area (TPSA) is 90.0 Å². The van der Waals surface area contributed by atoms with Gasteiger partial charge in [-0.15, -0.1) is 0 Å². The molecule has 1 aromatic heterocycles. The number of nitrogens with two attached hydrogens (primary N) is 1. The van der Waals surface area contributed by atoms with Crippen LogP contribution in [0.1, 0.15) is 31.0 Å². The van der Waals surface area contributed by atoms with Gasteiger partial charge in [0.05, 0.1) is 11.4 Å². The standard InChI is InChI=1S/C11H22N4O2S/c1-3-11-10(9-15(2)14-11)8-13-18(16,17)7-5-4-6-12/h9,13H,3-8,12H2,1-2H3. The van der Waals surface area contributed by atoms with Gasteiger partial charge in [0.25, 0.3) is 0 Å². The van der Waals surface area contributed by atoms with Crippen LogP contribution in [0.3, 0.4) is 0 Å². The summed E-state index contributed by atoms with van der Waals surface area (Å²) >= 11 is 0. The van der Waals surface area contributed by atoms with E-state index in [4.69, 9.17) is 5.73 Å². The van der Waals surface area contributed by atoms with Crippen molar-refractivity contribution < 1.29 is 8.42 Å². The Kier molecular flexibility index (Phi) is 5.77. The molecule has 1 rings (SSSR count). The number of unbranched alkanes of at least 4 members (excludes halogenated alkanes) is 1. The van der Waals surface area contributed by atoms with Gasteiger partial charge in [-0.05, 0) is 25.8 Å². The largest absolute Gasteiger partial charge is 0.330 e. The van der Waals surface area contributed by atoms with Crippen molar-refractivity contribution in [3.63, 3.8) is 0 Å². The summed E-state index contributed by atoms with van der Waals surface area (Å²) in [6, 6.07) is 0. The van der Waals surface area contributed by atoms with Gasteiger partial charge < -0.3 is 5.73 Å². The summed E-state index contributed by atoms with van der Waals surface area (Å²) in [4.78, 5) is 0. The van der Waals surface area contributed by atoms with E-state index in [1.54, 1.807) is 4.68 Å². The second-order valence-electron chi connectivity index (χ2n) is 4.26. The molecular formula is C11H22N4O2S. The van der Waals surface area contributed by atoms with Crippen LogP contribution in [-0.4, -0.2) is 30.5 Å². The molecule has 0 unspecified atom stereocenters. The number of sulfonamides is 1. The highest BCUT2D eigenvalue weighted by Gasteiger charge is 2.12. The number of aryl methyl sites for hydroxylation is 2. The maximum Gasteiger partial charge on any atom is 0.211 e. The van der Waals surface area contributed by atoms with E-state index in [1.807, 2.05) is 20.2 Å². The van der Waals surface area contributed by atoms with Crippen molar-refractivity contribution in [2.45, 2.75) is 32.7 Å². The minimum absolute atomic E-state index is 0.131. The highest BCUT2D eigenvalue weighted by molar-refractivity contribution is 7.89. The highest BCUT2D eigenvalue weighted by Crippen LogP contribution is 2.07. The molecule has 0 aromatic carbocycles. The molecule has 0 aliphatic heterocycles. The van der Waals surface area contributed by atoms with E-state index in [-0.39, 0.29) is 5.75 Å². The van der Waals surface area contributed by atoms with Crippen LogP contribution in [0.15, 0.2) is 6.20 Å². The normalized spacial score (nSPS) is 11.9. The maximum absolute atomic E-state index is 11.7. The SMILES string of the molecule is CCc1nn(C)cc1CNS(=O)(=O)CCCCN. The van der Waals surface area contributed by atoms with Crippen LogP contribution in [-0.2, 0) is 30.0 Å². The zero-order valence-electron chi connectivity index (χ0n) is 11.0. The molecule has 0 radical (unpaired) electrons. The van der Waals surface area contributed by atoms with Gasteiger partial charge in [0, 0.05) is 25.4 Å². The van der Waals surface area contributed by atoms with Gasteiger partial charge in [0.15, 0.2) is 0 Å². The molecule has 0 spiro atoms. The van der Waals surface area contributed by atoms with Crippen molar-refractivity contribution in [1.82, 2.24) is 14.5 Å². The molecule has 0 fully saturated rings. The van der Waals surface area contributed by atoms with E-state index in [0.29, 0.717) is 19.5 Å². The molecule has 0 amide bonds. The van der Waals surface area contributed by atoms with E-state index < -0.39 is 10.0 Å². The fourth-order valence-electron chi connectivity index (χ4n) is 1.73. The van der Waals surface area contributed by atoms with E-state index in [9.17, 15) is 8.42 Å². The molecule has 3 N–H and O–H groups in total. The first kappa shape index (κ1) is 15.1. The quantitative estimate of drug-likeness (QED) is 0.660. The summed E-state index contributed by atoms with van der Waals surface area (Å²) in [5, 5.41) is 4.27. The van der Waals surface area contributed by atoms with E-state index in [2.05, 4.69) is 9.82 Å². The Labute approximate surface area is 109 Å². The minimum Gasteiger partial charge on any atom is -0.330 e. The number of hydrogen-bond acceptors (Lipinski definition) is 4. The van der Waals surface area contributed by atoms with Gasteiger partial charge in [-0.3, -0.25) is 4.68 Å². The Morgan fingerprint density at radius 1 is 1.44 bits per heavy atom. The van der Waals surface area contributed by atoms with Crippen LogP contribution in [0.4, 0.5) is 0 Å². The average Bonchev–Trinajstić information content (AvgIpc) is 2.67. The first-order chi connectivity index (χ1) is 8.48. The summed E-state index contributed by atoms with van der Waals surface area (Å²) in [6.45, 7) is 2.83. The van der Waals surface area contributed by atoms with Crippen LogP contribution in [0.25, 0.3) is 0 Å². The first-order valence-electron chi connectivity index (χ1n) is 6.17. The lowest BCUT2D eigenvalue weighted by molar-refractivity contribution is 0.577. The Morgan fingerprint density at radius 2 is 2.17 bits per heavy atom. The molecular weight excluding hydrogens is 252 g/mol. The second kappa shape index (κ2) is 6.86. The molecule has 0 saturated carbocycles. The lowest BCUT2D eigenvalue weighted by Gasteiger charge is -2.05.